The van der Waals surface area contributed by atoms with Crippen LogP contribution in [0.25, 0.3) is 0 Å². The Bertz CT molecular complexity index is 459. The minimum atomic E-state index is -0.490. The van der Waals surface area contributed by atoms with Gasteiger partial charge in [-0.15, -0.1) is 0 Å². The molecule has 1 aliphatic heterocycles. The van der Waals surface area contributed by atoms with E-state index in [0.717, 1.165) is 0 Å². The number of nitrogens with zero attached hydrogens (tertiary/aromatic N) is 1. The zero-order valence-corrected chi connectivity index (χ0v) is 12.9. The summed E-state index contributed by atoms with van der Waals surface area (Å²) in [6, 6.07) is 0. The number of hydrogen-bond acceptors (Lipinski definition) is 3. The van der Waals surface area contributed by atoms with E-state index in [1.165, 1.54) is 18.0 Å². The molecule has 1 aliphatic rings. The third-order valence-corrected chi connectivity index (χ3v) is 1.80. The molecule has 0 aromatic rings. The first-order chi connectivity index (χ1) is 10.1. The maximum Gasteiger partial charge on any atom is 0 e. The minimum absolute atomic E-state index is 0. The number of rotatable bonds is 2. The summed E-state index contributed by atoms with van der Waals surface area (Å²) in [7, 11) is 0. The largest absolute Gasteiger partial charge is 0 e. The normalized spacial score (nSPS) is 10.2. The summed E-state index contributed by atoms with van der Waals surface area (Å²) in [5.74, 6) is -0.0933. The third kappa shape index (κ3) is 12.9. The summed E-state index contributed by atoms with van der Waals surface area (Å²) >= 11 is 0. The molecule has 1 rings (SSSR count). The number of allylic oxidation sites excluding steroid dienone is 4. The van der Waals surface area contributed by atoms with Crippen LogP contribution in [0.2, 0.25) is 0 Å². The molecule has 0 unspecified atom stereocenters. The first-order valence-corrected chi connectivity index (χ1v) is 5.29. The molecule has 0 atom stereocenters. The van der Waals surface area contributed by atoms with Crippen LogP contribution in [0.4, 0.5) is 4.79 Å². The summed E-state index contributed by atoms with van der Waals surface area (Å²) in [6.07, 6.45) is 7.54. The molecule has 0 spiro atoms. The molecule has 0 bridgehead atoms. The number of hydrogen-bond donors (Lipinski definition) is 0. The summed E-state index contributed by atoms with van der Waals surface area (Å²) in [6.45, 7) is 17.0. The third-order valence-electron chi connectivity index (χ3n) is 1.80. The van der Waals surface area contributed by atoms with E-state index in [2.05, 4.69) is 20.0 Å². The van der Waals surface area contributed by atoms with Crippen molar-refractivity contribution in [3.63, 3.8) is 0 Å². The average molecular weight is 347 g/mol. The van der Waals surface area contributed by atoms with Gasteiger partial charge in [0.05, 0.1) is 6.61 Å². The van der Waals surface area contributed by atoms with Crippen molar-refractivity contribution in [1.29, 1.82) is 0 Å². The Labute approximate surface area is 139 Å². The maximum absolute atomic E-state index is 11.4. The standard InChI is InChI=1S/C11H13NO3.3CO.Fe/c1-3-15-11(14)12-7-5-4-6-10(8-12)9(2)13;3*1-2;/h4-8H,3H2,1-2H3;;;;. The molecule has 0 aromatic heterocycles. The van der Waals surface area contributed by atoms with Gasteiger partial charge >= 0.3 is 40.0 Å². The van der Waals surface area contributed by atoms with Crippen LogP contribution in [-0.4, -0.2) is 23.4 Å². The van der Waals surface area contributed by atoms with E-state index in [0.29, 0.717) is 12.2 Å². The number of carbonyl (C=O) groups excluding carboxylic acids is 2. The fraction of sp³-hybridized carbons (Fsp3) is 0.214. The molecule has 22 heavy (non-hydrogen) atoms. The van der Waals surface area contributed by atoms with Gasteiger partial charge in [0.2, 0.25) is 0 Å². The van der Waals surface area contributed by atoms with Crippen LogP contribution in [0.3, 0.4) is 0 Å². The Kier molecular flexibility index (Phi) is 27.1. The van der Waals surface area contributed by atoms with Crippen molar-refractivity contribution in [2.45, 2.75) is 13.8 Å². The van der Waals surface area contributed by atoms with Crippen molar-refractivity contribution in [2.75, 3.05) is 6.61 Å². The van der Waals surface area contributed by atoms with Crippen LogP contribution in [0.5, 0.6) is 0 Å². The van der Waals surface area contributed by atoms with Crippen molar-refractivity contribution < 1.29 is 45.4 Å². The Hall–Kier alpha value is -2.10. The second-order valence-electron chi connectivity index (χ2n) is 2.95. The molecule has 0 aliphatic carbocycles. The van der Waals surface area contributed by atoms with Crippen molar-refractivity contribution in [3.8, 4) is 0 Å². The van der Waals surface area contributed by atoms with Crippen molar-refractivity contribution in [2.24, 2.45) is 0 Å². The van der Waals surface area contributed by atoms with Gasteiger partial charge in [0.1, 0.15) is 0 Å². The first kappa shape index (κ1) is 28.1. The monoisotopic (exact) mass is 347 g/mol. The predicted molar refractivity (Wildman–Crippen MR) is 67.7 cm³/mol. The Morgan fingerprint density at radius 3 is 2.05 bits per heavy atom. The van der Waals surface area contributed by atoms with Crippen LogP contribution in [0, 0.1) is 20.0 Å². The second kappa shape index (κ2) is 21.2. The Morgan fingerprint density at radius 2 is 1.64 bits per heavy atom. The SMILES string of the molecule is CCOC(=O)N1C=CC=CC(C(C)=O)=C1.[C-]#[O+].[C-]#[O+].[C-]#[O+].[Fe]. The molecule has 0 radical (unpaired) electrons. The van der Waals surface area contributed by atoms with E-state index >= 15 is 0 Å². The summed E-state index contributed by atoms with van der Waals surface area (Å²) in [4.78, 5) is 23.8. The molecule has 7 nitrogen and oxygen atoms in total. The zero-order chi connectivity index (χ0) is 17.3. The Balaban J connectivity index is -0.000000206. The van der Waals surface area contributed by atoms with Crippen LogP contribution < -0.4 is 0 Å². The molecular formula is C14H13FeNO6. The number of ether oxygens (including phenoxy) is 1. The zero-order valence-electron chi connectivity index (χ0n) is 11.8. The maximum atomic E-state index is 11.4. The van der Waals surface area contributed by atoms with Crippen LogP contribution in [-0.2, 0) is 40.6 Å². The summed E-state index contributed by atoms with van der Waals surface area (Å²) in [5.41, 5.74) is 0.466. The quantitative estimate of drug-likeness (QED) is 0.432. The fourth-order valence-electron chi connectivity index (χ4n) is 1.06. The molecule has 8 heteroatoms. The Morgan fingerprint density at radius 1 is 1.14 bits per heavy atom. The second-order valence-corrected chi connectivity index (χ2v) is 2.95. The molecule has 0 N–H and O–H groups in total. The fourth-order valence-corrected chi connectivity index (χ4v) is 1.06. The van der Waals surface area contributed by atoms with Gasteiger partial charge in [-0.1, -0.05) is 6.08 Å². The van der Waals surface area contributed by atoms with Crippen LogP contribution in [0.1, 0.15) is 13.8 Å². The van der Waals surface area contributed by atoms with E-state index in [-0.39, 0.29) is 22.9 Å². The molecule has 0 saturated heterocycles. The van der Waals surface area contributed by atoms with Gasteiger partial charge in [0.25, 0.3) is 0 Å². The molecule has 0 saturated carbocycles. The number of ketones is 1. The minimum Gasteiger partial charge on any atom is 0 e. The van der Waals surface area contributed by atoms with Gasteiger partial charge in [-0.2, -0.15) is 0 Å². The van der Waals surface area contributed by atoms with Crippen LogP contribution >= 0.6 is 0 Å². The van der Waals surface area contributed by atoms with Gasteiger partial charge in [0, 0.05) is 35.0 Å². The molecule has 118 valence electrons. The summed E-state index contributed by atoms with van der Waals surface area (Å²) < 4.78 is 27.3. The number of carbonyl (C=O) groups is 2. The van der Waals surface area contributed by atoms with E-state index in [9.17, 15) is 9.59 Å². The summed E-state index contributed by atoms with van der Waals surface area (Å²) in [5, 5.41) is 0. The van der Waals surface area contributed by atoms with Crippen molar-refractivity contribution >= 4 is 11.9 Å². The molecule has 1 amide bonds. The van der Waals surface area contributed by atoms with Gasteiger partial charge < -0.3 is 4.74 Å². The van der Waals surface area contributed by atoms with Gasteiger partial charge in [-0.3, -0.25) is 9.69 Å². The molecule has 1 heterocycles. The smallest absolute Gasteiger partial charge is 0 e. The topological polar surface area (TPSA) is 106 Å². The molecule has 0 fully saturated rings. The van der Waals surface area contributed by atoms with Gasteiger partial charge in [-0.25, -0.2) is 4.79 Å². The van der Waals surface area contributed by atoms with Crippen molar-refractivity contribution in [3.05, 3.63) is 56.2 Å². The van der Waals surface area contributed by atoms with Crippen molar-refractivity contribution in [1.82, 2.24) is 4.90 Å². The van der Waals surface area contributed by atoms with E-state index < -0.39 is 6.09 Å². The van der Waals surface area contributed by atoms with Gasteiger partial charge in [0.15, 0.2) is 5.78 Å². The molecular weight excluding hydrogens is 334 g/mol. The van der Waals surface area contributed by atoms with E-state index in [4.69, 9.17) is 18.7 Å². The number of Topliss-reactive ketones (excluding diaryl/α,β-unsaturated/α-hetero) is 1. The first-order valence-electron chi connectivity index (χ1n) is 5.29. The predicted octanol–water partition coefficient (Wildman–Crippen LogP) is 1.89. The number of amides is 1. The van der Waals surface area contributed by atoms with Gasteiger partial charge in [-0.05, 0) is 26.0 Å². The van der Waals surface area contributed by atoms with Crippen LogP contribution in [0.15, 0.2) is 36.2 Å². The molecule has 0 aromatic carbocycles. The van der Waals surface area contributed by atoms with E-state index in [1.807, 2.05) is 0 Å². The average Bonchev–Trinajstić information content (AvgIpc) is 2.80. The van der Waals surface area contributed by atoms with E-state index in [1.54, 1.807) is 31.4 Å².